The summed E-state index contributed by atoms with van der Waals surface area (Å²) in [6.07, 6.45) is -0.556. The van der Waals surface area contributed by atoms with Crippen LogP contribution < -0.4 is 0 Å². The SMILES string of the molecule is C[C@@H](O)[C@H]1C(=O)N2C(C(=O)OCc3ccc([N+](=O)[O-])cc3)=C([C@H]3CC(c4ccccc4)=NO3)C[C@H]12. The zero-order chi connectivity index (χ0) is 24.7. The number of hydrogen-bond donors (Lipinski definition) is 1. The Hall–Kier alpha value is -4.05. The number of non-ortho nitro benzene ring substituents is 1. The molecule has 3 aliphatic rings. The van der Waals surface area contributed by atoms with E-state index in [1.54, 1.807) is 6.92 Å². The molecule has 35 heavy (non-hydrogen) atoms. The Labute approximate surface area is 200 Å². The summed E-state index contributed by atoms with van der Waals surface area (Å²) < 4.78 is 5.49. The van der Waals surface area contributed by atoms with Gasteiger partial charge in [0.1, 0.15) is 12.3 Å². The van der Waals surface area contributed by atoms with Crippen LogP contribution in [0.2, 0.25) is 0 Å². The van der Waals surface area contributed by atoms with Gasteiger partial charge in [-0.25, -0.2) is 4.79 Å². The molecule has 1 N–H and O–H groups in total. The van der Waals surface area contributed by atoms with Crippen LogP contribution in [0.1, 0.15) is 30.9 Å². The standard InChI is InChI=1S/C25H23N3O7/c1-14(29)22-20-11-18(21-12-19(26-35-21)16-5-3-2-4-6-16)23(27(20)24(22)30)25(31)34-13-15-7-9-17(10-8-15)28(32)33/h2-10,14,20-22,29H,11-13H2,1H3/t14-,20-,21-,22-/m1/s1. The van der Waals surface area contributed by atoms with Crippen LogP contribution in [0.3, 0.4) is 0 Å². The van der Waals surface area contributed by atoms with E-state index in [-0.39, 0.29) is 29.9 Å². The molecule has 10 nitrogen and oxygen atoms in total. The van der Waals surface area contributed by atoms with Crippen molar-refractivity contribution in [1.82, 2.24) is 4.90 Å². The number of aliphatic hydroxyl groups excluding tert-OH is 1. The van der Waals surface area contributed by atoms with E-state index in [0.717, 1.165) is 11.3 Å². The molecule has 0 bridgehead atoms. The van der Waals surface area contributed by atoms with Crippen LogP contribution in [0.5, 0.6) is 0 Å². The second kappa shape index (κ2) is 8.95. The summed E-state index contributed by atoms with van der Waals surface area (Å²) in [5, 5.41) is 25.1. The number of fused-ring (bicyclic) bond motifs is 1. The molecule has 4 atom stereocenters. The molecule has 1 fully saturated rings. The van der Waals surface area contributed by atoms with Crippen LogP contribution in [0.25, 0.3) is 0 Å². The molecule has 0 saturated carbocycles. The molecule has 0 spiro atoms. The highest BCUT2D eigenvalue weighted by Gasteiger charge is 2.58. The lowest BCUT2D eigenvalue weighted by Crippen LogP contribution is -2.61. The fraction of sp³-hybridized carbons (Fsp3) is 0.320. The third-order valence-corrected chi connectivity index (χ3v) is 6.64. The molecule has 0 radical (unpaired) electrons. The van der Waals surface area contributed by atoms with E-state index < -0.39 is 29.0 Å². The Morgan fingerprint density at radius 3 is 2.60 bits per heavy atom. The van der Waals surface area contributed by atoms with E-state index in [4.69, 9.17) is 9.57 Å². The molecule has 180 valence electrons. The second-order valence-electron chi connectivity index (χ2n) is 8.82. The number of nitrogens with zero attached hydrogens (tertiary/aromatic N) is 3. The number of oxime groups is 1. The maximum Gasteiger partial charge on any atom is 0.355 e. The zero-order valence-electron chi connectivity index (χ0n) is 18.9. The predicted octanol–water partition coefficient (Wildman–Crippen LogP) is 2.70. The van der Waals surface area contributed by atoms with Crippen molar-refractivity contribution in [2.24, 2.45) is 11.1 Å². The summed E-state index contributed by atoms with van der Waals surface area (Å²) in [4.78, 5) is 43.4. The number of rotatable bonds is 7. The first-order valence-electron chi connectivity index (χ1n) is 11.3. The molecule has 10 heteroatoms. The highest BCUT2D eigenvalue weighted by Crippen LogP contribution is 2.46. The van der Waals surface area contributed by atoms with Gasteiger partial charge in [0.25, 0.3) is 5.69 Å². The van der Waals surface area contributed by atoms with Gasteiger partial charge in [-0.1, -0.05) is 35.5 Å². The fourth-order valence-electron chi connectivity index (χ4n) is 4.88. The van der Waals surface area contributed by atoms with Gasteiger partial charge in [0.2, 0.25) is 5.91 Å². The Morgan fingerprint density at radius 2 is 1.94 bits per heavy atom. The molecule has 3 heterocycles. The van der Waals surface area contributed by atoms with E-state index in [0.29, 0.717) is 24.0 Å². The van der Waals surface area contributed by atoms with Gasteiger partial charge in [-0.15, -0.1) is 0 Å². The maximum atomic E-state index is 13.2. The number of esters is 1. The van der Waals surface area contributed by atoms with Crippen molar-refractivity contribution in [2.45, 2.75) is 44.6 Å². The normalized spacial score (nSPS) is 23.8. The average molecular weight is 477 g/mol. The zero-order valence-corrected chi connectivity index (χ0v) is 18.9. The molecule has 5 rings (SSSR count). The van der Waals surface area contributed by atoms with Gasteiger partial charge in [0, 0.05) is 24.1 Å². The molecule has 2 aromatic carbocycles. The largest absolute Gasteiger partial charge is 0.456 e. The van der Waals surface area contributed by atoms with E-state index in [9.17, 15) is 24.8 Å². The first-order chi connectivity index (χ1) is 16.8. The second-order valence-corrected chi connectivity index (χ2v) is 8.82. The predicted molar refractivity (Wildman–Crippen MR) is 123 cm³/mol. The van der Waals surface area contributed by atoms with E-state index in [1.807, 2.05) is 30.3 Å². The van der Waals surface area contributed by atoms with Crippen LogP contribution in [-0.2, 0) is 25.8 Å². The van der Waals surface area contributed by atoms with E-state index in [2.05, 4.69) is 5.16 Å². The molecule has 0 aromatic heterocycles. The quantitative estimate of drug-likeness (QED) is 0.281. The summed E-state index contributed by atoms with van der Waals surface area (Å²) in [6.45, 7) is 1.45. The number of carbonyl (C=O) groups is 2. The van der Waals surface area contributed by atoms with Gasteiger partial charge in [-0.2, -0.15) is 0 Å². The molecular formula is C25H23N3O7. The monoisotopic (exact) mass is 477 g/mol. The molecule has 0 aliphatic carbocycles. The van der Waals surface area contributed by atoms with Crippen molar-refractivity contribution in [3.8, 4) is 0 Å². The molecular weight excluding hydrogens is 454 g/mol. The molecule has 2 aromatic rings. The lowest BCUT2D eigenvalue weighted by Gasteiger charge is -2.44. The summed E-state index contributed by atoms with van der Waals surface area (Å²) in [7, 11) is 0. The Balaban J connectivity index is 1.36. The molecule has 1 amide bonds. The third-order valence-electron chi connectivity index (χ3n) is 6.64. The number of β-lactam (4-membered cyclic amide) rings is 1. The molecule has 0 unspecified atom stereocenters. The number of ether oxygens (including phenoxy) is 1. The lowest BCUT2D eigenvalue weighted by molar-refractivity contribution is -0.384. The highest BCUT2D eigenvalue weighted by molar-refractivity contribution is 6.03. The minimum absolute atomic E-state index is 0.0633. The first kappa shape index (κ1) is 22.7. The molecule has 1 saturated heterocycles. The van der Waals surface area contributed by atoms with Gasteiger partial charge in [-0.3, -0.25) is 14.9 Å². The van der Waals surface area contributed by atoms with Crippen molar-refractivity contribution in [3.63, 3.8) is 0 Å². The van der Waals surface area contributed by atoms with E-state index >= 15 is 0 Å². The number of aliphatic hydroxyl groups is 1. The van der Waals surface area contributed by atoms with Crippen molar-refractivity contribution in [2.75, 3.05) is 0 Å². The van der Waals surface area contributed by atoms with Crippen LogP contribution in [0.4, 0.5) is 5.69 Å². The number of nitro benzene ring substituents is 1. The summed E-state index contributed by atoms with van der Waals surface area (Å²) in [5.41, 5.74) is 2.92. The van der Waals surface area contributed by atoms with Gasteiger partial charge >= 0.3 is 5.97 Å². The summed E-state index contributed by atoms with van der Waals surface area (Å²) in [6, 6.07) is 14.9. The Kier molecular flexibility index (Phi) is 5.81. The van der Waals surface area contributed by atoms with Crippen LogP contribution in [-0.4, -0.2) is 50.8 Å². The van der Waals surface area contributed by atoms with Crippen molar-refractivity contribution < 1.29 is 29.2 Å². The highest BCUT2D eigenvalue weighted by atomic mass is 16.6. The lowest BCUT2D eigenvalue weighted by atomic mass is 9.82. The first-order valence-corrected chi connectivity index (χ1v) is 11.3. The van der Waals surface area contributed by atoms with Gasteiger partial charge in [0.15, 0.2) is 6.10 Å². The number of nitro groups is 1. The van der Waals surface area contributed by atoms with Gasteiger partial charge < -0.3 is 19.6 Å². The van der Waals surface area contributed by atoms with Crippen LogP contribution in [0, 0.1) is 16.0 Å². The smallest absolute Gasteiger partial charge is 0.355 e. The topological polar surface area (TPSA) is 132 Å². The summed E-state index contributed by atoms with van der Waals surface area (Å²) in [5.74, 6) is -1.61. The number of carbonyl (C=O) groups excluding carboxylic acids is 2. The minimum Gasteiger partial charge on any atom is -0.456 e. The van der Waals surface area contributed by atoms with Gasteiger partial charge in [-0.05, 0) is 36.6 Å². The fourth-order valence-corrected chi connectivity index (χ4v) is 4.88. The minimum atomic E-state index is -0.846. The van der Waals surface area contributed by atoms with Crippen molar-refractivity contribution in [1.29, 1.82) is 0 Å². The van der Waals surface area contributed by atoms with Crippen LogP contribution in [0.15, 0.2) is 71.0 Å². The van der Waals surface area contributed by atoms with Gasteiger partial charge in [0.05, 0.1) is 28.7 Å². The Bertz CT molecular complexity index is 1240. The Morgan fingerprint density at radius 1 is 1.23 bits per heavy atom. The number of hydrogen-bond acceptors (Lipinski definition) is 8. The molecule has 3 aliphatic heterocycles. The van der Waals surface area contributed by atoms with Crippen molar-refractivity contribution >= 4 is 23.3 Å². The average Bonchev–Trinajstić information content (AvgIpc) is 3.46. The van der Waals surface area contributed by atoms with Crippen molar-refractivity contribution in [3.05, 3.63) is 87.1 Å². The van der Waals surface area contributed by atoms with Crippen LogP contribution >= 0.6 is 0 Å². The number of amides is 1. The third kappa shape index (κ3) is 4.06. The maximum absolute atomic E-state index is 13.2. The van der Waals surface area contributed by atoms with E-state index in [1.165, 1.54) is 29.2 Å². The summed E-state index contributed by atoms with van der Waals surface area (Å²) >= 11 is 0. The number of benzene rings is 2.